The summed E-state index contributed by atoms with van der Waals surface area (Å²) in [4.78, 5) is 24.2. The molecule has 0 fully saturated rings. The van der Waals surface area contributed by atoms with Gasteiger partial charge in [-0.2, -0.15) is 0 Å². The van der Waals surface area contributed by atoms with Gasteiger partial charge < -0.3 is 19.2 Å². The van der Waals surface area contributed by atoms with Gasteiger partial charge in [-0.25, -0.2) is 4.79 Å². The third-order valence-corrected chi connectivity index (χ3v) is 3.35. The minimum atomic E-state index is -0.932. The smallest absolute Gasteiger partial charge is 0.342 e. The summed E-state index contributed by atoms with van der Waals surface area (Å²) in [6.07, 6.45) is -0.932. The maximum Gasteiger partial charge on any atom is 0.342 e. The van der Waals surface area contributed by atoms with Gasteiger partial charge in [0.25, 0.3) is 5.91 Å². The second kappa shape index (κ2) is 7.68. The average Bonchev–Trinajstić information content (AvgIpc) is 2.88. The number of nitrogens with one attached hydrogen (secondary N) is 1. The van der Waals surface area contributed by atoms with E-state index in [2.05, 4.69) is 5.32 Å². The Labute approximate surface area is 140 Å². The molecule has 0 aliphatic carbocycles. The van der Waals surface area contributed by atoms with Crippen LogP contribution in [0.1, 0.15) is 35.7 Å². The van der Waals surface area contributed by atoms with Gasteiger partial charge in [-0.3, -0.25) is 4.79 Å². The molecule has 2 rings (SSSR count). The van der Waals surface area contributed by atoms with Crippen molar-refractivity contribution in [3.05, 3.63) is 47.4 Å². The number of aryl methyl sites for hydroxylation is 2. The normalized spacial score (nSPS) is 11.7. The number of ether oxygens (including phenoxy) is 2. The summed E-state index contributed by atoms with van der Waals surface area (Å²) in [5.74, 6) is 0.812. The molecule has 0 aliphatic heterocycles. The van der Waals surface area contributed by atoms with E-state index in [1.54, 1.807) is 44.2 Å². The first-order chi connectivity index (χ1) is 11.4. The molecule has 2 aromatic rings. The summed E-state index contributed by atoms with van der Waals surface area (Å²) >= 11 is 0. The van der Waals surface area contributed by atoms with Crippen LogP contribution in [0.5, 0.6) is 5.75 Å². The summed E-state index contributed by atoms with van der Waals surface area (Å²) in [6, 6.07) is 8.55. The van der Waals surface area contributed by atoms with Crippen molar-refractivity contribution in [2.75, 3.05) is 11.9 Å². The highest BCUT2D eigenvalue weighted by molar-refractivity contribution is 5.97. The Balaban J connectivity index is 1.94. The minimum Gasteiger partial charge on any atom is -0.494 e. The SMILES string of the molecule is CCOc1ccc(NC(=O)C(C)OC(=O)c2cc(C)oc2C)cc1. The van der Waals surface area contributed by atoms with Crippen molar-refractivity contribution in [1.82, 2.24) is 0 Å². The van der Waals surface area contributed by atoms with Crippen molar-refractivity contribution in [3.63, 3.8) is 0 Å². The molecule has 0 spiro atoms. The number of esters is 1. The monoisotopic (exact) mass is 331 g/mol. The molecular formula is C18H21NO5. The molecule has 1 aromatic heterocycles. The summed E-state index contributed by atoms with van der Waals surface area (Å²) in [6.45, 7) is 7.41. The van der Waals surface area contributed by atoms with Crippen LogP contribution in [0.4, 0.5) is 5.69 Å². The van der Waals surface area contributed by atoms with Crippen LogP contribution in [0.15, 0.2) is 34.7 Å². The molecule has 0 saturated carbocycles. The first kappa shape index (κ1) is 17.6. The number of rotatable bonds is 6. The van der Waals surface area contributed by atoms with E-state index < -0.39 is 18.0 Å². The Morgan fingerprint density at radius 3 is 2.42 bits per heavy atom. The molecule has 0 bridgehead atoms. The highest BCUT2D eigenvalue weighted by atomic mass is 16.5. The first-order valence-corrected chi connectivity index (χ1v) is 7.72. The molecule has 1 heterocycles. The molecule has 0 saturated heterocycles. The molecule has 1 amide bonds. The first-order valence-electron chi connectivity index (χ1n) is 7.72. The van der Waals surface area contributed by atoms with Gasteiger partial charge in [0.2, 0.25) is 0 Å². The molecule has 128 valence electrons. The number of hydrogen-bond donors (Lipinski definition) is 1. The second-order valence-electron chi connectivity index (χ2n) is 5.32. The Kier molecular flexibility index (Phi) is 5.63. The van der Waals surface area contributed by atoms with Crippen LogP contribution in [-0.2, 0) is 9.53 Å². The van der Waals surface area contributed by atoms with E-state index in [9.17, 15) is 9.59 Å². The molecule has 1 aromatic carbocycles. The zero-order chi connectivity index (χ0) is 17.7. The van der Waals surface area contributed by atoms with Crippen LogP contribution in [0.25, 0.3) is 0 Å². The van der Waals surface area contributed by atoms with Crippen LogP contribution in [0.2, 0.25) is 0 Å². The van der Waals surface area contributed by atoms with E-state index in [0.29, 0.717) is 29.4 Å². The molecule has 6 nitrogen and oxygen atoms in total. The Hall–Kier alpha value is -2.76. The number of carbonyl (C=O) groups is 2. The number of anilines is 1. The number of carbonyl (C=O) groups excluding carboxylic acids is 2. The second-order valence-corrected chi connectivity index (χ2v) is 5.32. The van der Waals surface area contributed by atoms with Crippen LogP contribution in [0, 0.1) is 13.8 Å². The number of furan rings is 1. The summed E-state index contributed by atoms with van der Waals surface area (Å²) in [7, 11) is 0. The fraction of sp³-hybridized carbons (Fsp3) is 0.333. The van der Waals surface area contributed by atoms with E-state index in [0.717, 1.165) is 5.75 Å². The van der Waals surface area contributed by atoms with Crippen LogP contribution >= 0.6 is 0 Å². The number of hydrogen-bond acceptors (Lipinski definition) is 5. The van der Waals surface area contributed by atoms with Gasteiger partial charge >= 0.3 is 5.97 Å². The fourth-order valence-electron chi connectivity index (χ4n) is 2.16. The molecule has 6 heteroatoms. The minimum absolute atomic E-state index is 0.327. The lowest BCUT2D eigenvalue weighted by atomic mass is 10.2. The van der Waals surface area contributed by atoms with E-state index >= 15 is 0 Å². The third kappa shape index (κ3) is 4.38. The van der Waals surface area contributed by atoms with Gasteiger partial charge in [0.05, 0.1) is 6.61 Å². The molecule has 0 aliphatic rings. The van der Waals surface area contributed by atoms with Crippen molar-refractivity contribution in [2.24, 2.45) is 0 Å². The van der Waals surface area contributed by atoms with Gasteiger partial charge in [0, 0.05) is 5.69 Å². The Bertz CT molecular complexity index is 718. The molecular weight excluding hydrogens is 310 g/mol. The van der Waals surface area contributed by atoms with Crippen molar-refractivity contribution in [2.45, 2.75) is 33.8 Å². The standard InChI is InChI=1S/C18H21NO5/c1-5-22-15-8-6-14(7-9-15)19-17(20)13(4)24-18(21)16-10-11(2)23-12(16)3/h6-10,13H,5H2,1-4H3,(H,19,20). The van der Waals surface area contributed by atoms with E-state index in [1.165, 1.54) is 6.92 Å². The van der Waals surface area contributed by atoms with Gasteiger partial charge in [-0.15, -0.1) is 0 Å². The van der Waals surface area contributed by atoms with Crippen molar-refractivity contribution >= 4 is 17.6 Å². The van der Waals surface area contributed by atoms with E-state index in [4.69, 9.17) is 13.9 Å². The molecule has 1 N–H and O–H groups in total. The average molecular weight is 331 g/mol. The lowest BCUT2D eigenvalue weighted by Crippen LogP contribution is -2.30. The lowest BCUT2D eigenvalue weighted by molar-refractivity contribution is -0.123. The lowest BCUT2D eigenvalue weighted by Gasteiger charge is -2.13. The summed E-state index contributed by atoms with van der Waals surface area (Å²) < 4.78 is 15.8. The molecule has 1 unspecified atom stereocenters. The number of benzene rings is 1. The zero-order valence-corrected chi connectivity index (χ0v) is 14.2. The predicted molar refractivity (Wildman–Crippen MR) is 89.3 cm³/mol. The maximum absolute atomic E-state index is 12.1. The van der Waals surface area contributed by atoms with Crippen LogP contribution < -0.4 is 10.1 Å². The topological polar surface area (TPSA) is 77.8 Å². The summed E-state index contributed by atoms with van der Waals surface area (Å²) in [5.41, 5.74) is 0.926. The molecule has 24 heavy (non-hydrogen) atoms. The van der Waals surface area contributed by atoms with Gasteiger partial charge in [0.1, 0.15) is 22.8 Å². The highest BCUT2D eigenvalue weighted by Gasteiger charge is 2.22. The fourth-order valence-corrected chi connectivity index (χ4v) is 2.16. The molecule has 0 radical (unpaired) electrons. The van der Waals surface area contributed by atoms with Crippen molar-refractivity contribution in [3.8, 4) is 5.75 Å². The maximum atomic E-state index is 12.1. The quantitative estimate of drug-likeness (QED) is 0.820. The Morgan fingerprint density at radius 1 is 1.21 bits per heavy atom. The predicted octanol–water partition coefficient (Wildman–Crippen LogP) is 3.48. The zero-order valence-electron chi connectivity index (χ0n) is 14.2. The highest BCUT2D eigenvalue weighted by Crippen LogP contribution is 2.17. The number of amides is 1. The Morgan fingerprint density at radius 2 is 1.88 bits per heavy atom. The van der Waals surface area contributed by atoms with E-state index in [1.807, 2.05) is 6.92 Å². The third-order valence-electron chi connectivity index (χ3n) is 3.35. The van der Waals surface area contributed by atoms with Gasteiger partial charge in [-0.1, -0.05) is 0 Å². The van der Waals surface area contributed by atoms with Gasteiger partial charge in [-0.05, 0) is 58.0 Å². The van der Waals surface area contributed by atoms with Crippen molar-refractivity contribution < 1.29 is 23.5 Å². The summed E-state index contributed by atoms with van der Waals surface area (Å²) in [5, 5.41) is 2.69. The van der Waals surface area contributed by atoms with E-state index in [-0.39, 0.29) is 0 Å². The largest absolute Gasteiger partial charge is 0.494 e. The molecule has 1 atom stereocenters. The van der Waals surface area contributed by atoms with Gasteiger partial charge in [0.15, 0.2) is 6.10 Å². The van der Waals surface area contributed by atoms with Crippen LogP contribution in [0.3, 0.4) is 0 Å². The van der Waals surface area contributed by atoms with Crippen molar-refractivity contribution in [1.29, 1.82) is 0 Å². The van der Waals surface area contributed by atoms with Crippen LogP contribution in [-0.4, -0.2) is 24.6 Å².